The second-order valence-electron chi connectivity index (χ2n) is 6.40. The molecule has 0 aliphatic carbocycles. The van der Waals surface area contributed by atoms with E-state index in [1.165, 1.54) is 17.4 Å². The fraction of sp³-hybridized carbons (Fsp3) is 0.211. The zero-order valence-corrected chi connectivity index (χ0v) is 16.3. The molecule has 5 N–H and O–H groups in total. The molecule has 7 nitrogen and oxygen atoms in total. The van der Waals surface area contributed by atoms with Crippen LogP contribution in [0.15, 0.2) is 36.7 Å². The zero-order valence-electron chi connectivity index (χ0n) is 15.5. The van der Waals surface area contributed by atoms with Crippen LogP contribution in [0.4, 0.5) is 13.9 Å². The van der Waals surface area contributed by atoms with E-state index in [1.54, 1.807) is 25.4 Å². The molecule has 0 unspecified atom stereocenters. The third-order valence-corrected chi connectivity index (χ3v) is 5.06. The number of carbonyl (C=O) groups is 2. The number of hydrogen-bond acceptors (Lipinski definition) is 5. The Morgan fingerprint density at radius 2 is 2.07 bits per heavy atom. The summed E-state index contributed by atoms with van der Waals surface area (Å²) in [6.45, 7) is 1.93. The molecule has 0 saturated carbocycles. The van der Waals surface area contributed by atoms with Gasteiger partial charge in [-0.05, 0) is 36.2 Å². The van der Waals surface area contributed by atoms with Crippen molar-refractivity contribution < 1.29 is 18.4 Å². The third kappa shape index (κ3) is 5.17. The number of nitrogens with zero attached hydrogens (tertiary/aromatic N) is 1. The Kier molecular flexibility index (Phi) is 6.23. The number of nitrogen functional groups attached to an aromatic ring is 1. The fourth-order valence-electron chi connectivity index (χ4n) is 2.74. The van der Waals surface area contributed by atoms with Gasteiger partial charge in [-0.2, -0.15) is 0 Å². The number of anilines is 1. The van der Waals surface area contributed by atoms with Gasteiger partial charge in [0.1, 0.15) is 11.7 Å². The average Bonchev–Trinajstić information content (AvgIpc) is 3.30. The Labute approximate surface area is 169 Å². The van der Waals surface area contributed by atoms with Crippen LogP contribution in [0.25, 0.3) is 0 Å². The lowest BCUT2D eigenvalue weighted by Gasteiger charge is -2.18. The Bertz CT molecular complexity index is 1030. The van der Waals surface area contributed by atoms with Crippen LogP contribution >= 0.6 is 11.3 Å². The maximum atomic E-state index is 13.6. The van der Waals surface area contributed by atoms with Gasteiger partial charge in [0.15, 0.2) is 16.8 Å². The number of aryl methyl sites for hydroxylation is 1. The van der Waals surface area contributed by atoms with Crippen LogP contribution in [-0.2, 0) is 17.8 Å². The standard InChI is InChI=1S/C19H19F2N5O2S/c1-10-4-5-23-16(10)18(28)26-15(7-11-2-3-13(20)14(21)6-11)17(27)24-8-12-9-25-19(22)29-12/h2-6,9,15,23H,7-8H2,1H3,(H2,22,25)(H,24,27)(H,26,28)/t15-/m0/s1. The summed E-state index contributed by atoms with van der Waals surface area (Å²) < 4.78 is 26.8. The van der Waals surface area contributed by atoms with Crippen LogP contribution in [0.5, 0.6) is 0 Å². The first-order chi connectivity index (χ1) is 13.8. The van der Waals surface area contributed by atoms with Crippen LogP contribution in [0.3, 0.4) is 0 Å². The number of thiazole rings is 1. The zero-order chi connectivity index (χ0) is 21.0. The molecule has 3 rings (SSSR count). The molecule has 1 aromatic carbocycles. The van der Waals surface area contributed by atoms with Crippen molar-refractivity contribution in [2.24, 2.45) is 0 Å². The highest BCUT2D eigenvalue weighted by Crippen LogP contribution is 2.15. The Hall–Kier alpha value is -3.27. The van der Waals surface area contributed by atoms with Crippen molar-refractivity contribution in [2.45, 2.75) is 25.9 Å². The first kappa shape index (κ1) is 20.5. The molecule has 0 saturated heterocycles. The smallest absolute Gasteiger partial charge is 0.268 e. The van der Waals surface area contributed by atoms with Crippen LogP contribution in [-0.4, -0.2) is 27.8 Å². The van der Waals surface area contributed by atoms with E-state index >= 15 is 0 Å². The molecule has 2 aromatic heterocycles. The highest BCUT2D eigenvalue weighted by atomic mass is 32.1. The van der Waals surface area contributed by atoms with Crippen LogP contribution in [0.2, 0.25) is 0 Å². The number of aromatic amines is 1. The number of amides is 2. The minimum Gasteiger partial charge on any atom is -0.375 e. The Morgan fingerprint density at radius 3 is 2.69 bits per heavy atom. The number of hydrogen-bond donors (Lipinski definition) is 4. The van der Waals surface area contributed by atoms with E-state index in [0.717, 1.165) is 22.6 Å². The number of halogens is 2. The van der Waals surface area contributed by atoms with Crippen molar-refractivity contribution >= 4 is 28.3 Å². The minimum atomic E-state index is -1.02. The molecule has 0 fully saturated rings. The van der Waals surface area contributed by atoms with E-state index in [2.05, 4.69) is 20.6 Å². The van der Waals surface area contributed by atoms with Crippen molar-refractivity contribution in [1.82, 2.24) is 20.6 Å². The maximum absolute atomic E-state index is 13.6. The summed E-state index contributed by atoms with van der Waals surface area (Å²) in [5.74, 6) is -2.95. The molecule has 0 aliphatic heterocycles. The molecule has 29 heavy (non-hydrogen) atoms. The molecule has 10 heteroatoms. The lowest BCUT2D eigenvalue weighted by molar-refractivity contribution is -0.123. The van der Waals surface area contributed by atoms with Crippen molar-refractivity contribution in [3.63, 3.8) is 0 Å². The number of nitrogens with one attached hydrogen (secondary N) is 3. The van der Waals surface area contributed by atoms with E-state index in [9.17, 15) is 18.4 Å². The van der Waals surface area contributed by atoms with Gasteiger partial charge in [0.25, 0.3) is 5.91 Å². The summed E-state index contributed by atoms with van der Waals surface area (Å²) in [5, 5.41) is 5.73. The van der Waals surface area contributed by atoms with Gasteiger partial charge in [-0.1, -0.05) is 6.07 Å². The van der Waals surface area contributed by atoms with E-state index in [4.69, 9.17) is 5.73 Å². The number of H-pyrrole nitrogens is 1. The molecule has 2 heterocycles. The summed E-state index contributed by atoms with van der Waals surface area (Å²) in [5.41, 5.74) is 6.99. The molecule has 152 valence electrons. The monoisotopic (exact) mass is 419 g/mol. The molecular formula is C19H19F2N5O2S. The molecule has 2 amide bonds. The molecule has 0 radical (unpaired) electrons. The first-order valence-corrected chi connectivity index (χ1v) is 9.52. The second kappa shape index (κ2) is 8.82. The number of carbonyl (C=O) groups excluding carboxylic acids is 2. The van der Waals surface area contributed by atoms with E-state index < -0.39 is 29.5 Å². The first-order valence-electron chi connectivity index (χ1n) is 8.70. The number of benzene rings is 1. The normalized spacial score (nSPS) is 11.8. The molecule has 1 atom stereocenters. The van der Waals surface area contributed by atoms with Gasteiger partial charge in [0.05, 0.1) is 6.54 Å². The van der Waals surface area contributed by atoms with Gasteiger partial charge >= 0.3 is 0 Å². The molecule has 0 bridgehead atoms. The van der Waals surface area contributed by atoms with Crippen LogP contribution in [0.1, 0.15) is 26.5 Å². The van der Waals surface area contributed by atoms with Crippen molar-refractivity contribution in [2.75, 3.05) is 5.73 Å². The summed E-state index contributed by atoms with van der Waals surface area (Å²) >= 11 is 1.23. The van der Waals surface area contributed by atoms with Crippen molar-refractivity contribution in [1.29, 1.82) is 0 Å². The third-order valence-electron chi connectivity index (χ3n) is 4.24. The van der Waals surface area contributed by atoms with Gasteiger partial charge in [-0.15, -0.1) is 11.3 Å². The molecule has 0 aliphatic rings. The predicted octanol–water partition coefficient (Wildman–Crippen LogP) is 2.30. The van der Waals surface area contributed by atoms with Gasteiger partial charge in [-0.25, -0.2) is 13.8 Å². The average molecular weight is 419 g/mol. The second-order valence-corrected chi connectivity index (χ2v) is 7.54. The molecule has 3 aromatic rings. The van der Waals surface area contributed by atoms with E-state index in [1.807, 2.05) is 0 Å². The minimum absolute atomic E-state index is 0.0145. The van der Waals surface area contributed by atoms with Crippen molar-refractivity contribution in [3.8, 4) is 0 Å². The highest BCUT2D eigenvalue weighted by molar-refractivity contribution is 7.15. The fourth-order valence-corrected chi connectivity index (χ4v) is 3.36. The van der Waals surface area contributed by atoms with Gasteiger partial charge < -0.3 is 21.4 Å². The maximum Gasteiger partial charge on any atom is 0.268 e. The quantitative estimate of drug-likeness (QED) is 0.471. The predicted molar refractivity (Wildman–Crippen MR) is 105 cm³/mol. The summed E-state index contributed by atoms with van der Waals surface area (Å²) in [6.07, 6.45) is 3.15. The highest BCUT2D eigenvalue weighted by Gasteiger charge is 2.23. The van der Waals surface area contributed by atoms with E-state index in [0.29, 0.717) is 16.4 Å². The SMILES string of the molecule is Cc1cc[nH]c1C(=O)N[C@@H](Cc1ccc(F)c(F)c1)C(=O)NCc1cnc(N)s1. The number of rotatable bonds is 7. The molecule has 0 spiro atoms. The van der Waals surface area contributed by atoms with Gasteiger partial charge in [0.2, 0.25) is 5.91 Å². The summed E-state index contributed by atoms with van der Waals surface area (Å²) in [6, 6.07) is 4.09. The topological polar surface area (TPSA) is 113 Å². The summed E-state index contributed by atoms with van der Waals surface area (Å²) in [7, 11) is 0. The van der Waals surface area contributed by atoms with E-state index in [-0.39, 0.29) is 13.0 Å². The van der Waals surface area contributed by atoms with Crippen LogP contribution in [0, 0.1) is 18.6 Å². The summed E-state index contributed by atoms with van der Waals surface area (Å²) in [4.78, 5) is 32.7. The van der Waals surface area contributed by atoms with Gasteiger partial charge in [0, 0.05) is 23.7 Å². The lowest BCUT2D eigenvalue weighted by Crippen LogP contribution is -2.48. The Morgan fingerprint density at radius 1 is 1.28 bits per heavy atom. The van der Waals surface area contributed by atoms with Crippen LogP contribution < -0.4 is 16.4 Å². The van der Waals surface area contributed by atoms with Gasteiger partial charge in [-0.3, -0.25) is 9.59 Å². The lowest BCUT2D eigenvalue weighted by atomic mass is 10.0. The molecular weight excluding hydrogens is 400 g/mol. The number of nitrogens with two attached hydrogens (primary N) is 1. The Balaban J connectivity index is 1.75. The number of aromatic nitrogens is 2. The largest absolute Gasteiger partial charge is 0.375 e. The van der Waals surface area contributed by atoms with Crippen molar-refractivity contribution in [3.05, 3.63) is 70.0 Å².